The molecule has 0 saturated carbocycles. The maximum atomic E-state index is 11.2. The van der Waals surface area contributed by atoms with Gasteiger partial charge in [-0.15, -0.1) is 0 Å². The van der Waals surface area contributed by atoms with Crippen LogP contribution < -0.4 is 5.76 Å². The van der Waals surface area contributed by atoms with Gasteiger partial charge in [0, 0.05) is 7.05 Å². The normalized spacial score (nSPS) is 10.5. The van der Waals surface area contributed by atoms with Gasteiger partial charge in [0.15, 0.2) is 5.58 Å². The van der Waals surface area contributed by atoms with Crippen molar-refractivity contribution in [3.63, 3.8) is 0 Å². The topological polar surface area (TPSA) is 61.4 Å². The first-order valence-corrected chi connectivity index (χ1v) is 4.31. The lowest BCUT2D eigenvalue weighted by atomic mass is 10.2. The van der Waals surface area contributed by atoms with Crippen LogP contribution in [0.1, 0.15) is 10.4 Å². The van der Waals surface area contributed by atoms with Gasteiger partial charge in [-0.3, -0.25) is 4.57 Å². The van der Waals surface area contributed by atoms with E-state index in [1.54, 1.807) is 19.2 Å². The third kappa shape index (κ3) is 1.41. The molecule has 0 spiro atoms. The molecule has 15 heavy (non-hydrogen) atoms. The summed E-state index contributed by atoms with van der Waals surface area (Å²) in [6.45, 7) is 0. The van der Waals surface area contributed by atoms with Gasteiger partial charge >= 0.3 is 11.7 Å². The zero-order valence-corrected chi connectivity index (χ0v) is 8.31. The molecule has 0 bridgehead atoms. The van der Waals surface area contributed by atoms with Crippen molar-refractivity contribution >= 4 is 17.1 Å². The van der Waals surface area contributed by atoms with E-state index in [-0.39, 0.29) is 0 Å². The van der Waals surface area contributed by atoms with Crippen LogP contribution in [0.3, 0.4) is 0 Å². The minimum atomic E-state index is -0.455. The molecular weight excluding hydrogens is 198 g/mol. The molecule has 0 aliphatic heterocycles. The third-order valence-corrected chi connectivity index (χ3v) is 2.21. The van der Waals surface area contributed by atoms with Gasteiger partial charge in [-0.1, -0.05) is 0 Å². The van der Waals surface area contributed by atoms with Crippen molar-refractivity contribution in [2.24, 2.45) is 7.05 Å². The Labute approximate surface area is 84.9 Å². The zero-order valence-electron chi connectivity index (χ0n) is 8.31. The maximum absolute atomic E-state index is 11.2. The molecule has 0 fully saturated rings. The van der Waals surface area contributed by atoms with Crippen molar-refractivity contribution in [3.8, 4) is 0 Å². The molecule has 0 atom stereocenters. The fraction of sp³-hybridized carbons (Fsp3) is 0.200. The van der Waals surface area contributed by atoms with Gasteiger partial charge in [-0.2, -0.15) is 0 Å². The largest absolute Gasteiger partial charge is 0.465 e. The molecule has 5 nitrogen and oxygen atoms in total. The number of aryl methyl sites for hydroxylation is 1. The van der Waals surface area contributed by atoms with Crippen LogP contribution in [0.15, 0.2) is 27.4 Å². The molecule has 1 heterocycles. The molecule has 0 aliphatic carbocycles. The summed E-state index contributed by atoms with van der Waals surface area (Å²) in [6.07, 6.45) is 0. The van der Waals surface area contributed by atoms with Crippen LogP contribution >= 0.6 is 0 Å². The second-order valence-corrected chi connectivity index (χ2v) is 3.10. The minimum Gasteiger partial charge on any atom is -0.465 e. The molecule has 0 radical (unpaired) electrons. The van der Waals surface area contributed by atoms with Crippen molar-refractivity contribution in [1.29, 1.82) is 0 Å². The summed E-state index contributed by atoms with van der Waals surface area (Å²) < 4.78 is 10.9. The quantitative estimate of drug-likeness (QED) is 0.652. The summed E-state index contributed by atoms with van der Waals surface area (Å²) in [7, 11) is 2.90. The van der Waals surface area contributed by atoms with Crippen LogP contribution in [0, 0.1) is 0 Å². The number of carbonyl (C=O) groups is 1. The van der Waals surface area contributed by atoms with Crippen molar-refractivity contribution in [2.45, 2.75) is 0 Å². The molecule has 1 aromatic heterocycles. The second-order valence-electron chi connectivity index (χ2n) is 3.10. The van der Waals surface area contributed by atoms with Crippen LogP contribution in [0.5, 0.6) is 0 Å². The average molecular weight is 207 g/mol. The van der Waals surface area contributed by atoms with Gasteiger partial charge in [0.2, 0.25) is 0 Å². The van der Waals surface area contributed by atoms with Crippen LogP contribution in [-0.4, -0.2) is 17.6 Å². The predicted molar refractivity (Wildman–Crippen MR) is 52.8 cm³/mol. The Bertz CT molecular complexity index is 579. The first kappa shape index (κ1) is 9.51. The highest BCUT2D eigenvalue weighted by atomic mass is 16.5. The number of oxazole rings is 1. The molecule has 2 aromatic rings. The Hall–Kier alpha value is -2.04. The van der Waals surface area contributed by atoms with E-state index in [9.17, 15) is 9.59 Å². The molecule has 0 amide bonds. The Kier molecular flexibility index (Phi) is 2.07. The number of rotatable bonds is 1. The van der Waals surface area contributed by atoms with E-state index < -0.39 is 11.7 Å². The van der Waals surface area contributed by atoms with E-state index in [1.807, 2.05) is 0 Å². The summed E-state index contributed by atoms with van der Waals surface area (Å²) in [5, 5.41) is 0. The molecule has 5 heteroatoms. The number of carbonyl (C=O) groups excluding carboxylic acids is 1. The number of hydrogen-bond donors (Lipinski definition) is 0. The van der Waals surface area contributed by atoms with Crippen molar-refractivity contribution in [2.75, 3.05) is 7.11 Å². The van der Waals surface area contributed by atoms with Crippen LogP contribution in [-0.2, 0) is 11.8 Å². The van der Waals surface area contributed by atoms with Crippen LogP contribution in [0.2, 0.25) is 0 Å². The molecule has 0 saturated heterocycles. The summed E-state index contributed by atoms with van der Waals surface area (Å²) >= 11 is 0. The van der Waals surface area contributed by atoms with Crippen LogP contribution in [0.4, 0.5) is 0 Å². The summed E-state index contributed by atoms with van der Waals surface area (Å²) in [4.78, 5) is 22.4. The Morgan fingerprint density at radius 2 is 2.20 bits per heavy atom. The van der Waals surface area contributed by atoms with Gasteiger partial charge in [-0.25, -0.2) is 9.59 Å². The number of aromatic nitrogens is 1. The first-order valence-electron chi connectivity index (χ1n) is 4.31. The van der Waals surface area contributed by atoms with Crippen LogP contribution in [0.25, 0.3) is 11.1 Å². The van der Waals surface area contributed by atoms with E-state index in [4.69, 9.17) is 4.42 Å². The van der Waals surface area contributed by atoms with Gasteiger partial charge < -0.3 is 9.15 Å². The average Bonchev–Trinajstić information content (AvgIpc) is 2.53. The highest BCUT2D eigenvalue weighted by Crippen LogP contribution is 2.14. The molecule has 78 valence electrons. The highest BCUT2D eigenvalue weighted by molar-refractivity contribution is 5.93. The SMILES string of the molecule is COC(=O)c1ccc2c(c1)oc(=O)n2C. The molecule has 1 aromatic carbocycles. The lowest BCUT2D eigenvalue weighted by Crippen LogP contribution is -2.08. The number of hydrogen-bond acceptors (Lipinski definition) is 4. The summed E-state index contributed by atoms with van der Waals surface area (Å²) in [5.74, 6) is -0.907. The molecule has 0 unspecified atom stereocenters. The molecule has 0 N–H and O–H groups in total. The van der Waals surface area contributed by atoms with Crippen molar-refractivity contribution < 1.29 is 13.9 Å². The lowest BCUT2D eigenvalue weighted by Gasteiger charge is -1.97. The Morgan fingerprint density at radius 1 is 1.47 bits per heavy atom. The molecule has 2 rings (SSSR count). The Balaban J connectivity index is 2.67. The predicted octanol–water partition coefficient (Wildman–Crippen LogP) is 0.918. The van der Waals surface area contributed by atoms with E-state index >= 15 is 0 Å². The number of methoxy groups -OCH3 is 1. The number of ether oxygens (including phenoxy) is 1. The fourth-order valence-corrected chi connectivity index (χ4v) is 1.38. The number of esters is 1. The smallest absolute Gasteiger partial charge is 0.419 e. The number of benzene rings is 1. The highest BCUT2D eigenvalue weighted by Gasteiger charge is 2.10. The Morgan fingerprint density at radius 3 is 2.87 bits per heavy atom. The second kappa shape index (κ2) is 3.27. The monoisotopic (exact) mass is 207 g/mol. The third-order valence-electron chi connectivity index (χ3n) is 2.21. The van der Waals surface area contributed by atoms with Gasteiger partial charge in [0.05, 0.1) is 18.2 Å². The minimum absolute atomic E-state index is 0.361. The summed E-state index contributed by atoms with van der Waals surface area (Å²) in [6, 6.07) is 4.72. The first-order chi connectivity index (χ1) is 7.13. The molecular formula is C10H9NO4. The van der Waals surface area contributed by atoms with E-state index in [0.717, 1.165) is 0 Å². The van der Waals surface area contributed by atoms with Gasteiger partial charge in [0.25, 0.3) is 0 Å². The van der Waals surface area contributed by atoms with E-state index in [2.05, 4.69) is 4.74 Å². The van der Waals surface area contributed by atoms with Crippen molar-refractivity contribution in [3.05, 3.63) is 34.3 Å². The van der Waals surface area contributed by atoms with Gasteiger partial charge in [-0.05, 0) is 18.2 Å². The standard InChI is InChI=1S/C10H9NO4/c1-11-7-4-3-6(9(12)14-2)5-8(7)15-10(11)13/h3-5H,1-2H3. The fourth-order valence-electron chi connectivity index (χ4n) is 1.38. The zero-order chi connectivity index (χ0) is 11.0. The molecule has 0 aliphatic rings. The summed E-state index contributed by atoms with van der Waals surface area (Å²) in [5.41, 5.74) is 1.39. The number of fused-ring (bicyclic) bond motifs is 1. The van der Waals surface area contributed by atoms with E-state index in [0.29, 0.717) is 16.7 Å². The van der Waals surface area contributed by atoms with E-state index in [1.165, 1.54) is 17.7 Å². The maximum Gasteiger partial charge on any atom is 0.419 e. The van der Waals surface area contributed by atoms with Gasteiger partial charge in [0.1, 0.15) is 0 Å². The van der Waals surface area contributed by atoms with Crippen molar-refractivity contribution in [1.82, 2.24) is 4.57 Å². The lowest BCUT2D eigenvalue weighted by molar-refractivity contribution is 0.0601. The number of nitrogens with zero attached hydrogens (tertiary/aromatic N) is 1.